The van der Waals surface area contributed by atoms with Crippen molar-refractivity contribution < 1.29 is 9.53 Å². The Kier molecular flexibility index (Phi) is 5.37. The maximum absolute atomic E-state index is 12.6. The van der Waals surface area contributed by atoms with Crippen LogP contribution in [0.1, 0.15) is 32.6 Å². The van der Waals surface area contributed by atoms with Crippen molar-refractivity contribution in [3.05, 3.63) is 94.5 Å². The highest BCUT2D eigenvalue weighted by atomic mass is 16.5. The average Bonchev–Trinajstić information content (AvgIpc) is 2.63. The van der Waals surface area contributed by atoms with Gasteiger partial charge in [0.25, 0.3) is 5.91 Å². The first-order valence-corrected chi connectivity index (χ1v) is 8.69. The number of anilines is 1. The van der Waals surface area contributed by atoms with Crippen LogP contribution in [0.2, 0.25) is 0 Å². The molecule has 1 amide bonds. The molecule has 0 aliphatic rings. The summed E-state index contributed by atoms with van der Waals surface area (Å²) < 4.78 is 5.86. The molecular formula is C23H23NO2. The Labute approximate surface area is 154 Å². The summed E-state index contributed by atoms with van der Waals surface area (Å²) in [6.07, 6.45) is 0. The molecule has 0 unspecified atom stereocenters. The van der Waals surface area contributed by atoms with Crippen molar-refractivity contribution in [2.24, 2.45) is 0 Å². The van der Waals surface area contributed by atoms with Crippen molar-refractivity contribution in [2.75, 3.05) is 5.32 Å². The maximum Gasteiger partial charge on any atom is 0.255 e. The Morgan fingerprint density at radius 3 is 2.31 bits per heavy atom. The maximum atomic E-state index is 12.6. The number of hydrogen-bond acceptors (Lipinski definition) is 2. The number of rotatable bonds is 5. The number of benzene rings is 3. The van der Waals surface area contributed by atoms with E-state index in [9.17, 15) is 4.79 Å². The third-order valence-corrected chi connectivity index (χ3v) is 4.30. The molecule has 0 radical (unpaired) electrons. The van der Waals surface area contributed by atoms with Crippen molar-refractivity contribution in [3.8, 4) is 5.75 Å². The summed E-state index contributed by atoms with van der Waals surface area (Å²) in [5, 5.41) is 3.01. The molecule has 0 fully saturated rings. The lowest BCUT2D eigenvalue weighted by atomic mass is 10.1. The van der Waals surface area contributed by atoms with Gasteiger partial charge in [-0.05, 0) is 55.7 Å². The highest BCUT2D eigenvalue weighted by Gasteiger charge is 2.10. The van der Waals surface area contributed by atoms with Gasteiger partial charge in [-0.2, -0.15) is 0 Å². The highest BCUT2D eigenvalue weighted by Crippen LogP contribution is 2.22. The van der Waals surface area contributed by atoms with Crippen LogP contribution in [-0.2, 0) is 6.61 Å². The summed E-state index contributed by atoms with van der Waals surface area (Å²) in [6, 6.07) is 21.4. The van der Waals surface area contributed by atoms with Gasteiger partial charge in [0.05, 0.1) is 0 Å². The van der Waals surface area contributed by atoms with E-state index in [1.54, 1.807) is 12.1 Å². The van der Waals surface area contributed by atoms with Gasteiger partial charge in [-0.3, -0.25) is 4.79 Å². The van der Waals surface area contributed by atoms with E-state index < -0.39 is 0 Å². The topological polar surface area (TPSA) is 38.3 Å². The number of nitrogens with one attached hydrogen (secondary N) is 1. The summed E-state index contributed by atoms with van der Waals surface area (Å²) in [5.41, 5.74) is 5.84. The van der Waals surface area contributed by atoms with Crippen molar-refractivity contribution in [3.63, 3.8) is 0 Å². The first-order valence-electron chi connectivity index (χ1n) is 8.69. The minimum atomic E-state index is -0.136. The first-order chi connectivity index (χ1) is 12.5. The van der Waals surface area contributed by atoms with Crippen LogP contribution in [0, 0.1) is 20.8 Å². The van der Waals surface area contributed by atoms with E-state index >= 15 is 0 Å². The predicted octanol–water partition coefficient (Wildman–Crippen LogP) is 5.44. The number of ether oxygens (including phenoxy) is 1. The summed E-state index contributed by atoms with van der Waals surface area (Å²) in [7, 11) is 0. The van der Waals surface area contributed by atoms with Crippen LogP contribution in [0.3, 0.4) is 0 Å². The second-order valence-electron chi connectivity index (χ2n) is 6.53. The molecule has 3 aromatic carbocycles. The molecule has 3 rings (SSSR count). The average molecular weight is 345 g/mol. The van der Waals surface area contributed by atoms with Gasteiger partial charge in [-0.15, -0.1) is 0 Å². The van der Waals surface area contributed by atoms with Gasteiger partial charge in [0.15, 0.2) is 0 Å². The fourth-order valence-electron chi connectivity index (χ4n) is 2.89. The summed E-state index contributed by atoms with van der Waals surface area (Å²) >= 11 is 0. The van der Waals surface area contributed by atoms with E-state index in [0.717, 1.165) is 22.4 Å². The normalized spacial score (nSPS) is 10.4. The smallest absolute Gasteiger partial charge is 0.255 e. The summed E-state index contributed by atoms with van der Waals surface area (Å²) in [5.74, 6) is 0.545. The van der Waals surface area contributed by atoms with Crippen molar-refractivity contribution >= 4 is 11.6 Å². The van der Waals surface area contributed by atoms with Crippen LogP contribution in [-0.4, -0.2) is 5.91 Å². The molecule has 3 nitrogen and oxygen atoms in total. The molecule has 0 saturated carbocycles. The third kappa shape index (κ3) is 4.31. The van der Waals surface area contributed by atoms with Crippen molar-refractivity contribution in [1.82, 2.24) is 0 Å². The molecule has 0 saturated heterocycles. The Morgan fingerprint density at radius 2 is 1.58 bits per heavy atom. The fourth-order valence-corrected chi connectivity index (χ4v) is 2.89. The molecule has 0 bridgehead atoms. The molecule has 1 N–H and O–H groups in total. The van der Waals surface area contributed by atoms with E-state index in [1.807, 2.05) is 56.3 Å². The lowest BCUT2D eigenvalue weighted by Crippen LogP contribution is -2.13. The van der Waals surface area contributed by atoms with Crippen molar-refractivity contribution in [2.45, 2.75) is 27.4 Å². The van der Waals surface area contributed by atoms with E-state index in [0.29, 0.717) is 17.9 Å². The lowest BCUT2D eigenvalue weighted by molar-refractivity contribution is 0.102. The van der Waals surface area contributed by atoms with E-state index in [1.165, 1.54) is 5.56 Å². The molecule has 0 aliphatic carbocycles. The molecule has 132 valence electrons. The zero-order valence-electron chi connectivity index (χ0n) is 15.4. The van der Waals surface area contributed by atoms with Gasteiger partial charge in [0.2, 0.25) is 0 Å². The van der Waals surface area contributed by atoms with Crippen molar-refractivity contribution in [1.29, 1.82) is 0 Å². The van der Waals surface area contributed by atoms with E-state index in [4.69, 9.17) is 4.74 Å². The van der Waals surface area contributed by atoms with E-state index in [-0.39, 0.29) is 5.91 Å². The second-order valence-corrected chi connectivity index (χ2v) is 6.53. The number of aryl methyl sites for hydroxylation is 3. The van der Waals surface area contributed by atoms with Gasteiger partial charge in [0.1, 0.15) is 12.4 Å². The minimum absolute atomic E-state index is 0.136. The zero-order chi connectivity index (χ0) is 18.5. The third-order valence-electron chi connectivity index (χ3n) is 4.30. The van der Waals surface area contributed by atoms with Crippen LogP contribution in [0.25, 0.3) is 0 Å². The van der Waals surface area contributed by atoms with Crippen LogP contribution < -0.4 is 10.1 Å². The molecule has 26 heavy (non-hydrogen) atoms. The monoisotopic (exact) mass is 345 g/mol. The lowest BCUT2D eigenvalue weighted by Gasteiger charge is -2.12. The van der Waals surface area contributed by atoms with Gasteiger partial charge in [0, 0.05) is 11.3 Å². The molecular weight excluding hydrogens is 322 g/mol. The number of amides is 1. The Hall–Kier alpha value is -3.07. The standard InChI is InChI=1S/C23H23NO2/c1-16-7-4-10-19(13-16)15-26-21-12-6-11-20(14-21)23(25)24-22-17(2)8-5-9-18(22)3/h4-14H,15H2,1-3H3,(H,24,25). The van der Waals surface area contributed by atoms with Crippen LogP contribution in [0.5, 0.6) is 5.75 Å². The molecule has 0 heterocycles. The van der Waals surface area contributed by atoms with Crippen LogP contribution in [0.4, 0.5) is 5.69 Å². The highest BCUT2D eigenvalue weighted by molar-refractivity contribution is 6.05. The molecule has 0 atom stereocenters. The minimum Gasteiger partial charge on any atom is -0.489 e. The van der Waals surface area contributed by atoms with E-state index in [2.05, 4.69) is 24.4 Å². The summed E-state index contributed by atoms with van der Waals surface area (Å²) in [4.78, 5) is 12.6. The van der Waals surface area contributed by atoms with Crippen LogP contribution in [0.15, 0.2) is 66.7 Å². The van der Waals surface area contributed by atoms with Gasteiger partial charge >= 0.3 is 0 Å². The number of para-hydroxylation sites is 1. The first kappa shape index (κ1) is 17.7. The number of carbonyl (C=O) groups excluding carboxylic acids is 1. The summed E-state index contributed by atoms with van der Waals surface area (Å²) in [6.45, 7) is 6.51. The molecule has 0 aliphatic heterocycles. The van der Waals surface area contributed by atoms with Gasteiger partial charge in [-0.1, -0.05) is 54.1 Å². The quantitative estimate of drug-likeness (QED) is 0.668. The Balaban J connectivity index is 1.71. The molecule has 0 aromatic heterocycles. The predicted molar refractivity (Wildman–Crippen MR) is 106 cm³/mol. The number of hydrogen-bond donors (Lipinski definition) is 1. The largest absolute Gasteiger partial charge is 0.489 e. The SMILES string of the molecule is Cc1cccc(COc2cccc(C(=O)Nc3c(C)cccc3C)c2)c1. The molecule has 3 aromatic rings. The molecule has 3 heteroatoms. The van der Waals surface area contributed by atoms with Gasteiger partial charge < -0.3 is 10.1 Å². The molecule has 0 spiro atoms. The van der Waals surface area contributed by atoms with Crippen LogP contribution >= 0.6 is 0 Å². The van der Waals surface area contributed by atoms with Gasteiger partial charge in [-0.25, -0.2) is 0 Å². The fraction of sp³-hybridized carbons (Fsp3) is 0.174. The second kappa shape index (κ2) is 7.87. The number of carbonyl (C=O) groups is 1. The zero-order valence-corrected chi connectivity index (χ0v) is 15.4. The Bertz CT molecular complexity index is 911. The Morgan fingerprint density at radius 1 is 0.885 bits per heavy atom.